The molecule has 0 spiro atoms. The van der Waals surface area contributed by atoms with E-state index in [9.17, 15) is 0 Å². The van der Waals surface area contributed by atoms with E-state index in [0.29, 0.717) is 0 Å². The van der Waals surface area contributed by atoms with Gasteiger partial charge in [-0.15, -0.1) is 0 Å². The van der Waals surface area contributed by atoms with Crippen LogP contribution in [0.15, 0.2) is 0 Å². The predicted molar refractivity (Wildman–Crippen MR) is 72.3 cm³/mol. The Bertz CT molecular complexity index is 130. The highest BCUT2D eigenvalue weighted by Crippen LogP contribution is 2.56. The van der Waals surface area contributed by atoms with E-state index in [1.807, 2.05) is 0 Å². The molecule has 0 saturated carbocycles. The summed E-state index contributed by atoms with van der Waals surface area (Å²) >= 11 is 0. The van der Waals surface area contributed by atoms with Crippen molar-refractivity contribution in [3.05, 3.63) is 0 Å². The minimum Gasteiger partial charge on any atom is -0.232 e. The molecular weight excluding hydrogens is 198 g/mol. The molecule has 0 aliphatic carbocycles. The molecule has 0 aromatic heterocycles. The zero-order chi connectivity index (χ0) is 10.7. The zero-order valence-corrected chi connectivity index (χ0v) is 12.0. The van der Waals surface area contributed by atoms with Gasteiger partial charge in [-0.3, -0.25) is 0 Å². The van der Waals surface area contributed by atoms with Gasteiger partial charge in [-0.2, -0.15) is 20.4 Å². The van der Waals surface area contributed by atoms with Crippen LogP contribution >= 0.6 is 20.4 Å². The standard InChI is InChI=1S/C10H27NS2/c1-8-9-10-11(12(2,3)4)13(5,6)7/h8-10H2,1-7H3. The van der Waals surface area contributed by atoms with Gasteiger partial charge in [0.2, 0.25) is 0 Å². The van der Waals surface area contributed by atoms with Crippen LogP contribution in [-0.2, 0) is 0 Å². The smallest absolute Gasteiger partial charge is 0.0168 e. The first-order valence-corrected chi connectivity index (χ1v) is 10.5. The van der Waals surface area contributed by atoms with Crippen molar-refractivity contribution >= 4 is 20.4 Å². The molecule has 0 N–H and O–H groups in total. The molecule has 0 unspecified atom stereocenters. The van der Waals surface area contributed by atoms with Gasteiger partial charge in [0.05, 0.1) is 0 Å². The molecule has 0 atom stereocenters. The van der Waals surface area contributed by atoms with Crippen LogP contribution in [0.3, 0.4) is 0 Å². The molecule has 0 heterocycles. The summed E-state index contributed by atoms with van der Waals surface area (Å²) in [5.41, 5.74) is 0. The van der Waals surface area contributed by atoms with E-state index in [4.69, 9.17) is 0 Å². The van der Waals surface area contributed by atoms with Gasteiger partial charge in [0.15, 0.2) is 0 Å². The van der Waals surface area contributed by atoms with E-state index in [1.54, 1.807) is 0 Å². The fourth-order valence-electron chi connectivity index (χ4n) is 1.51. The maximum Gasteiger partial charge on any atom is 0.0168 e. The summed E-state index contributed by atoms with van der Waals surface area (Å²) in [7, 11) is -1.05. The van der Waals surface area contributed by atoms with Crippen molar-refractivity contribution < 1.29 is 0 Å². The summed E-state index contributed by atoms with van der Waals surface area (Å²) in [4.78, 5) is 0. The lowest BCUT2D eigenvalue weighted by molar-refractivity contribution is 0.645. The van der Waals surface area contributed by atoms with E-state index in [-0.39, 0.29) is 0 Å². The normalized spacial score (nSPS) is 16.3. The van der Waals surface area contributed by atoms with Crippen molar-refractivity contribution in [1.29, 1.82) is 0 Å². The Morgan fingerprint density at radius 2 is 1.23 bits per heavy atom. The average molecular weight is 225 g/mol. The lowest BCUT2D eigenvalue weighted by atomic mass is 10.3. The summed E-state index contributed by atoms with van der Waals surface area (Å²) in [6.07, 6.45) is 17.1. The summed E-state index contributed by atoms with van der Waals surface area (Å²) in [5.74, 6) is 0. The SMILES string of the molecule is CCCCN(S(C)(C)C)S(C)(C)C. The van der Waals surface area contributed by atoms with E-state index < -0.39 is 20.4 Å². The van der Waals surface area contributed by atoms with Gasteiger partial charge in [0, 0.05) is 6.54 Å². The Hall–Kier alpha value is 0.660. The third-order valence-corrected chi connectivity index (χ3v) is 7.41. The molecular formula is C10H27NS2. The average Bonchev–Trinajstić information content (AvgIpc) is 1.81. The van der Waals surface area contributed by atoms with Gasteiger partial charge in [-0.05, 0) is 44.0 Å². The Morgan fingerprint density at radius 3 is 1.46 bits per heavy atom. The molecule has 84 valence electrons. The van der Waals surface area contributed by atoms with Crippen molar-refractivity contribution in [2.24, 2.45) is 0 Å². The number of rotatable bonds is 5. The highest BCUT2D eigenvalue weighted by Gasteiger charge is 2.24. The summed E-state index contributed by atoms with van der Waals surface area (Å²) < 4.78 is 2.75. The van der Waals surface area contributed by atoms with Crippen LogP contribution in [0.1, 0.15) is 19.8 Å². The first-order chi connectivity index (χ1) is 5.69. The van der Waals surface area contributed by atoms with Crippen LogP contribution < -0.4 is 0 Å². The third kappa shape index (κ3) is 5.18. The molecule has 0 aliphatic heterocycles. The molecule has 0 fully saturated rings. The Kier molecular flexibility index (Phi) is 5.19. The van der Waals surface area contributed by atoms with E-state index in [1.165, 1.54) is 19.4 Å². The van der Waals surface area contributed by atoms with Gasteiger partial charge in [0.1, 0.15) is 0 Å². The Balaban J connectivity index is 4.39. The van der Waals surface area contributed by atoms with Crippen LogP contribution in [0.4, 0.5) is 0 Å². The minimum atomic E-state index is -0.524. The van der Waals surface area contributed by atoms with Gasteiger partial charge >= 0.3 is 0 Å². The molecule has 0 aliphatic rings. The fourth-order valence-corrected chi connectivity index (χ4v) is 8.23. The molecule has 0 aromatic rings. The van der Waals surface area contributed by atoms with Crippen LogP contribution in [0, 0.1) is 0 Å². The summed E-state index contributed by atoms with van der Waals surface area (Å²) in [6.45, 7) is 3.56. The van der Waals surface area contributed by atoms with Crippen LogP contribution in [0.25, 0.3) is 0 Å². The molecule has 3 heteroatoms. The number of nitrogens with zero attached hydrogens (tertiary/aromatic N) is 1. The van der Waals surface area contributed by atoms with Crippen LogP contribution in [0.5, 0.6) is 0 Å². The van der Waals surface area contributed by atoms with Crippen molar-refractivity contribution in [2.75, 3.05) is 44.1 Å². The molecule has 0 bridgehead atoms. The molecule has 0 rings (SSSR count). The fraction of sp³-hybridized carbons (Fsp3) is 1.00. The first-order valence-electron chi connectivity index (χ1n) is 4.84. The van der Waals surface area contributed by atoms with Gasteiger partial charge in [0.25, 0.3) is 0 Å². The van der Waals surface area contributed by atoms with Crippen molar-refractivity contribution in [3.63, 3.8) is 0 Å². The molecule has 0 saturated heterocycles. The monoisotopic (exact) mass is 225 g/mol. The third-order valence-electron chi connectivity index (χ3n) is 1.92. The summed E-state index contributed by atoms with van der Waals surface area (Å²) in [5, 5.41) is 0. The lowest BCUT2D eigenvalue weighted by Gasteiger charge is -2.51. The molecule has 13 heavy (non-hydrogen) atoms. The highest BCUT2D eigenvalue weighted by molar-refractivity contribution is 8.43. The van der Waals surface area contributed by atoms with Crippen molar-refractivity contribution in [1.82, 2.24) is 3.71 Å². The number of hydrogen-bond donors (Lipinski definition) is 0. The van der Waals surface area contributed by atoms with Gasteiger partial charge < -0.3 is 0 Å². The molecule has 1 nitrogen and oxygen atoms in total. The Labute approximate surface area is 88.2 Å². The van der Waals surface area contributed by atoms with Crippen molar-refractivity contribution in [2.45, 2.75) is 19.8 Å². The van der Waals surface area contributed by atoms with Crippen LogP contribution in [0.2, 0.25) is 0 Å². The summed E-state index contributed by atoms with van der Waals surface area (Å²) in [6, 6.07) is 0. The van der Waals surface area contributed by atoms with Gasteiger partial charge in [-0.25, -0.2) is 3.71 Å². The number of hydrogen-bond acceptors (Lipinski definition) is 1. The van der Waals surface area contributed by atoms with Crippen LogP contribution in [-0.4, -0.2) is 47.8 Å². The van der Waals surface area contributed by atoms with Gasteiger partial charge in [-0.1, -0.05) is 13.3 Å². The second-order valence-electron chi connectivity index (χ2n) is 4.95. The predicted octanol–water partition coefficient (Wildman–Crippen LogP) is 3.31. The molecule has 0 aromatic carbocycles. The largest absolute Gasteiger partial charge is 0.232 e. The highest BCUT2D eigenvalue weighted by atomic mass is 32.3. The lowest BCUT2D eigenvalue weighted by Crippen LogP contribution is -2.29. The maximum atomic E-state index is 2.75. The zero-order valence-electron chi connectivity index (χ0n) is 10.4. The second-order valence-corrected chi connectivity index (χ2v) is 13.2. The maximum absolute atomic E-state index is 2.75. The van der Waals surface area contributed by atoms with E-state index in [0.717, 1.165) is 0 Å². The van der Waals surface area contributed by atoms with E-state index >= 15 is 0 Å². The quantitative estimate of drug-likeness (QED) is 0.694. The molecule has 0 radical (unpaired) electrons. The Morgan fingerprint density at radius 1 is 0.846 bits per heavy atom. The van der Waals surface area contributed by atoms with E-state index in [2.05, 4.69) is 48.2 Å². The second kappa shape index (κ2) is 4.94. The topological polar surface area (TPSA) is 3.24 Å². The molecule has 0 amide bonds. The minimum absolute atomic E-state index is 0.524. The number of unbranched alkanes of at least 4 members (excludes halogenated alkanes) is 1. The van der Waals surface area contributed by atoms with Crippen molar-refractivity contribution in [3.8, 4) is 0 Å². The first kappa shape index (κ1) is 13.7.